The molecular weight excluding hydrogens is 216 g/mol. The average Bonchev–Trinajstić information content (AvgIpc) is 2.35. The molecule has 92 valence electrons. The van der Waals surface area contributed by atoms with Crippen LogP contribution in [0.3, 0.4) is 0 Å². The Bertz CT molecular complexity index is 433. The van der Waals surface area contributed by atoms with Crippen LogP contribution in [0.15, 0.2) is 24.3 Å². The third-order valence-electron chi connectivity index (χ3n) is 2.72. The van der Waals surface area contributed by atoms with Gasteiger partial charge >= 0.3 is 5.97 Å². The van der Waals surface area contributed by atoms with Crippen LogP contribution >= 0.6 is 0 Å². The average molecular weight is 234 g/mol. The molecule has 1 aromatic carbocycles. The largest absolute Gasteiger partial charge is 0.497 e. The Hall–Kier alpha value is -1.77. The summed E-state index contributed by atoms with van der Waals surface area (Å²) in [7, 11) is 1.63. The first-order valence-electron chi connectivity index (χ1n) is 5.73. The number of carboxylic acid groups (broad SMARTS) is 1. The number of benzene rings is 1. The highest BCUT2D eigenvalue weighted by Gasteiger charge is 2.08. The lowest BCUT2D eigenvalue weighted by atomic mass is 9.96. The minimum absolute atomic E-state index is 0.700. The maximum absolute atomic E-state index is 10.8. The van der Waals surface area contributed by atoms with E-state index in [1.807, 2.05) is 32.0 Å². The van der Waals surface area contributed by atoms with Crippen molar-refractivity contribution in [2.75, 3.05) is 7.11 Å². The first kappa shape index (κ1) is 13.3. The molecule has 0 spiro atoms. The third kappa shape index (κ3) is 3.34. The van der Waals surface area contributed by atoms with Crippen LogP contribution in [-0.2, 0) is 11.2 Å². The molecule has 0 atom stereocenters. The quantitative estimate of drug-likeness (QED) is 0.796. The second-order valence-electron chi connectivity index (χ2n) is 3.74. The van der Waals surface area contributed by atoms with Crippen molar-refractivity contribution in [1.82, 2.24) is 0 Å². The summed E-state index contributed by atoms with van der Waals surface area (Å²) >= 11 is 0. The van der Waals surface area contributed by atoms with Crippen molar-refractivity contribution in [1.29, 1.82) is 0 Å². The van der Waals surface area contributed by atoms with E-state index in [4.69, 9.17) is 9.84 Å². The van der Waals surface area contributed by atoms with Crippen LogP contribution in [0.4, 0.5) is 0 Å². The highest BCUT2D eigenvalue weighted by molar-refractivity contribution is 5.90. The number of aryl methyl sites for hydroxylation is 1. The fourth-order valence-corrected chi connectivity index (χ4v) is 1.82. The van der Waals surface area contributed by atoms with Crippen molar-refractivity contribution in [2.45, 2.75) is 26.7 Å². The lowest BCUT2D eigenvalue weighted by molar-refractivity contribution is -0.131. The Morgan fingerprint density at radius 3 is 2.59 bits per heavy atom. The summed E-state index contributed by atoms with van der Waals surface area (Å²) in [6.07, 6.45) is 2.83. The summed E-state index contributed by atoms with van der Waals surface area (Å²) in [5.41, 5.74) is 2.95. The van der Waals surface area contributed by atoms with Crippen molar-refractivity contribution in [3.63, 3.8) is 0 Å². The maximum atomic E-state index is 10.8. The van der Waals surface area contributed by atoms with Gasteiger partial charge in [0.1, 0.15) is 5.75 Å². The topological polar surface area (TPSA) is 46.5 Å². The van der Waals surface area contributed by atoms with E-state index in [0.717, 1.165) is 28.9 Å². The van der Waals surface area contributed by atoms with Gasteiger partial charge in [-0.15, -0.1) is 0 Å². The molecule has 0 heterocycles. The van der Waals surface area contributed by atoms with E-state index in [1.165, 1.54) is 6.08 Å². The molecule has 0 aliphatic rings. The fraction of sp³-hybridized carbons (Fsp3) is 0.357. The molecule has 3 nitrogen and oxygen atoms in total. The van der Waals surface area contributed by atoms with E-state index >= 15 is 0 Å². The van der Waals surface area contributed by atoms with E-state index < -0.39 is 5.97 Å². The summed E-state index contributed by atoms with van der Waals surface area (Å²) in [6, 6.07) is 5.75. The molecular formula is C14H18O3. The lowest BCUT2D eigenvalue weighted by Crippen LogP contribution is -1.97. The monoisotopic (exact) mass is 234 g/mol. The molecule has 0 amide bonds. The van der Waals surface area contributed by atoms with Gasteiger partial charge in [-0.2, -0.15) is 0 Å². The zero-order chi connectivity index (χ0) is 12.8. The van der Waals surface area contributed by atoms with Crippen LogP contribution in [0, 0.1) is 0 Å². The second kappa shape index (κ2) is 6.09. The van der Waals surface area contributed by atoms with Gasteiger partial charge < -0.3 is 9.84 Å². The van der Waals surface area contributed by atoms with Crippen LogP contribution in [0.5, 0.6) is 5.75 Å². The van der Waals surface area contributed by atoms with Gasteiger partial charge in [0.2, 0.25) is 0 Å². The molecule has 0 saturated carbocycles. The first-order valence-corrected chi connectivity index (χ1v) is 5.73. The minimum atomic E-state index is -0.903. The zero-order valence-corrected chi connectivity index (χ0v) is 10.5. The van der Waals surface area contributed by atoms with Crippen LogP contribution in [0.25, 0.3) is 5.57 Å². The van der Waals surface area contributed by atoms with Crippen LogP contribution < -0.4 is 4.74 Å². The highest BCUT2D eigenvalue weighted by atomic mass is 16.5. The van der Waals surface area contributed by atoms with E-state index in [9.17, 15) is 4.79 Å². The lowest BCUT2D eigenvalue weighted by Gasteiger charge is -2.11. The van der Waals surface area contributed by atoms with E-state index in [1.54, 1.807) is 7.11 Å². The van der Waals surface area contributed by atoms with Crippen LogP contribution in [0.1, 0.15) is 31.4 Å². The number of methoxy groups -OCH3 is 1. The van der Waals surface area contributed by atoms with Gasteiger partial charge in [0.05, 0.1) is 7.11 Å². The van der Waals surface area contributed by atoms with Crippen molar-refractivity contribution >= 4 is 11.5 Å². The molecule has 0 fully saturated rings. The first-order chi connectivity index (χ1) is 8.12. The maximum Gasteiger partial charge on any atom is 0.328 e. The molecule has 17 heavy (non-hydrogen) atoms. The number of rotatable bonds is 5. The fourth-order valence-electron chi connectivity index (χ4n) is 1.82. The van der Waals surface area contributed by atoms with Crippen molar-refractivity contribution in [3.05, 3.63) is 35.4 Å². The minimum Gasteiger partial charge on any atom is -0.497 e. The number of ether oxygens (including phenoxy) is 1. The van der Waals surface area contributed by atoms with E-state index in [-0.39, 0.29) is 0 Å². The summed E-state index contributed by atoms with van der Waals surface area (Å²) in [5.74, 6) is -0.101. The Balaban J connectivity index is 3.24. The van der Waals surface area contributed by atoms with Crippen molar-refractivity contribution in [2.24, 2.45) is 0 Å². The SMILES string of the molecule is CC/C(=C\C(=O)O)c1ccc(OC)cc1CC. The summed E-state index contributed by atoms with van der Waals surface area (Å²) < 4.78 is 5.17. The molecule has 0 radical (unpaired) electrons. The molecule has 0 bridgehead atoms. The number of hydrogen-bond acceptors (Lipinski definition) is 2. The Kier molecular flexibility index (Phi) is 4.76. The standard InChI is InChI=1S/C14H18O3/c1-4-10-8-12(17-3)6-7-13(10)11(5-2)9-14(15)16/h6-9H,4-5H2,1-3H3,(H,15,16)/b11-9+. The van der Waals surface area contributed by atoms with Gasteiger partial charge in [-0.3, -0.25) is 0 Å². The van der Waals surface area contributed by atoms with E-state index in [2.05, 4.69) is 0 Å². The van der Waals surface area contributed by atoms with Crippen molar-refractivity contribution < 1.29 is 14.6 Å². The third-order valence-corrected chi connectivity index (χ3v) is 2.72. The molecule has 0 aliphatic heterocycles. The molecule has 0 aromatic heterocycles. The Morgan fingerprint density at radius 1 is 1.41 bits per heavy atom. The zero-order valence-electron chi connectivity index (χ0n) is 10.5. The van der Waals surface area contributed by atoms with Gasteiger partial charge in [0.25, 0.3) is 0 Å². The Morgan fingerprint density at radius 2 is 2.12 bits per heavy atom. The van der Waals surface area contributed by atoms with Gasteiger partial charge in [-0.05, 0) is 41.7 Å². The van der Waals surface area contributed by atoms with Gasteiger partial charge in [0, 0.05) is 6.08 Å². The van der Waals surface area contributed by atoms with Gasteiger partial charge in [0.15, 0.2) is 0 Å². The molecule has 1 aromatic rings. The van der Waals surface area contributed by atoms with Gasteiger partial charge in [-0.1, -0.05) is 19.9 Å². The molecule has 0 unspecified atom stereocenters. The summed E-state index contributed by atoms with van der Waals surface area (Å²) in [6.45, 7) is 4.00. The number of allylic oxidation sites excluding steroid dienone is 1. The smallest absolute Gasteiger partial charge is 0.328 e. The summed E-state index contributed by atoms with van der Waals surface area (Å²) in [5, 5.41) is 8.84. The van der Waals surface area contributed by atoms with Crippen LogP contribution in [-0.4, -0.2) is 18.2 Å². The second-order valence-corrected chi connectivity index (χ2v) is 3.74. The number of aliphatic carboxylic acids is 1. The summed E-state index contributed by atoms with van der Waals surface area (Å²) in [4.78, 5) is 10.8. The predicted octanol–water partition coefficient (Wildman–Crippen LogP) is 3.14. The molecule has 1 N–H and O–H groups in total. The van der Waals surface area contributed by atoms with E-state index in [0.29, 0.717) is 6.42 Å². The molecule has 3 heteroatoms. The van der Waals surface area contributed by atoms with Crippen molar-refractivity contribution in [3.8, 4) is 5.75 Å². The number of carboxylic acids is 1. The molecule has 0 aliphatic carbocycles. The van der Waals surface area contributed by atoms with Gasteiger partial charge in [-0.25, -0.2) is 4.79 Å². The number of hydrogen-bond donors (Lipinski definition) is 1. The molecule has 1 rings (SSSR count). The molecule has 0 saturated heterocycles. The Labute approximate surface area is 102 Å². The predicted molar refractivity (Wildman–Crippen MR) is 68.3 cm³/mol. The normalized spacial score (nSPS) is 11.4. The highest BCUT2D eigenvalue weighted by Crippen LogP contribution is 2.26. The van der Waals surface area contributed by atoms with Crippen LogP contribution in [0.2, 0.25) is 0 Å². The number of carbonyl (C=O) groups is 1.